The first kappa shape index (κ1) is 14.5. The second-order valence-corrected chi connectivity index (χ2v) is 7.97. The van der Waals surface area contributed by atoms with Gasteiger partial charge < -0.3 is 5.32 Å². The Morgan fingerprint density at radius 2 is 2.21 bits per heavy atom. The van der Waals surface area contributed by atoms with Gasteiger partial charge in [-0.3, -0.25) is 0 Å². The molecule has 19 heavy (non-hydrogen) atoms. The minimum absolute atomic E-state index is 0.111. The molecule has 0 bridgehead atoms. The molecule has 1 heterocycles. The van der Waals surface area contributed by atoms with Crippen LogP contribution in [0.3, 0.4) is 0 Å². The summed E-state index contributed by atoms with van der Waals surface area (Å²) in [5, 5.41) is 3.38. The van der Waals surface area contributed by atoms with Crippen LogP contribution < -0.4 is 5.32 Å². The van der Waals surface area contributed by atoms with Crippen LogP contribution in [0.15, 0.2) is 24.3 Å². The van der Waals surface area contributed by atoms with E-state index in [1.807, 2.05) is 19.9 Å². The maximum absolute atomic E-state index is 13.1. The normalized spacial score (nSPS) is 27.3. The third-order valence-corrected chi connectivity index (χ3v) is 5.43. The van der Waals surface area contributed by atoms with Crippen LogP contribution in [0.25, 0.3) is 0 Å². The first-order valence-corrected chi connectivity index (χ1v) is 8.33. The predicted octanol–water partition coefficient (Wildman–Crippen LogP) is 1.92. The zero-order valence-corrected chi connectivity index (χ0v) is 12.1. The summed E-state index contributed by atoms with van der Waals surface area (Å²) >= 11 is 0. The summed E-state index contributed by atoms with van der Waals surface area (Å²) < 4.78 is 36.2. The highest BCUT2D eigenvalue weighted by Crippen LogP contribution is 2.23. The van der Waals surface area contributed by atoms with E-state index in [0.29, 0.717) is 12.8 Å². The Labute approximate surface area is 114 Å². The molecule has 0 aromatic heterocycles. The van der Waals surface area contributed by atoms with Crippen LogP contribution in [-0.2, 0) is 16.3 Å². The molecule has 1 aromatic rings. The third kappa shape index (κ3) is 4.01. The zero-order valence-electron chi connectivity index (χ0n) is 11.3. The summed E-state index contributed by atoms with van der Waals surface area (Å²) in [7, 11) is -2.90. The van der Waals surface area contributed by atoms with Crippen LogP contribution in [0.4, 0.5) is 4.39 Å². The fourth-order valence-corrected chi connectivity index (χ4v) is 4.89. The highest BCUT2D eigenvalue weighted by molar-refractivity contribution is 7.91. The molecule has 0 aliphatic carbocycles. The van der Waals surface area contributed by atoms with Gasteiger partial charge >= 0.3 is 0 Å². The van der Waals surface area contributed by atoms with E-state index in [1.165, 1.54) is 12.1 Å². The summed E-state index contributed by atoms with van der Waals surface area (Å²) in [6.45, 7) is 3.95. The molecule has 1 aliphatic rings. The molecule has 5 heteroatoms. The van der Waals surface area contributed by atoms with Crippen LogP contribution in [0.1, 0.15) is 25.8 Å². The van der Waals surface area contributed by atoms with Crippen molar-refractivity contribution in [2.24, 2.45) is 0 Å². The Kier molecular flexibility index (Phi) is 3.97. The van der Waals surface area contributed by atoms with Gasteiger partial charge in [-0.25, -0.2) is 12.8 Å². The number of sulfone groups is 1. The average molecular weight is 285 g/mol. The van der Waals surface area contributed by atoms with E-state index in [4.69, 9.17) is 0 Å². The molecule has 1 aliphatic heterocycles. The smallest absolute Gasteiger partial charge is 0.152 e. The van der Waals surface area contributed by atoms with Crippen molar-refractivity contribution in [1.29, 1.82) is 0 Å². The number of benzene rings is 1. The van der Waals surface area contributed by atoms with Gasteiger partial charge in [-0.1, -0.05) is 12.1 Å². The number of hydrogen-bond acceptors (Lipinski definition) is 3. The lowest BCUT2D eigenvalue weighted by atomic mass is 9.98. The maximum atomic E-state index is 13.1. The van der Waals surface area contributed by atoms with Crippen molar-refractivity contribution < 1.29 is 12.8 Å². The van der Waals surface area contributed by atoms with Crippen molar-refractivity contribution >= 4 is 9.84 Å². The number of nitrogens with one attached hydrogen (secondary N) is 1. The fourth-order valence-electron chi connectivity index (χ4n) is 2.79. The van der Waals surface area contributed by atoms with Crippen LogP contribution in [-0.4, -0.2) is 31.5 Å². The quantitative estimate of drug-likeness (QED) is 0.919. The highest BCUT2D eigenvalue weighted by atomic mass is 32.2. The lowest BCUT2D eigenvalue weighted by molar-refractivity contribution is 0.349. The number of halogens is 1. The Balaban J connectivity index is 1.97. The van der Waals surface area contributed by atoms with E-state index < -0.39 is 9.84 Å². The predicted molar refractivity (Wildman–Crippen MR) is 74.4 cm³/mol. The Morgan fingerprint density at radius 3 is 2.79 bits per heavy atom. The van der Waals surface area contributed by atoms with Gasteiger partial charge in [-0.15, -0.1) is 0 Å². The molecular formula is C14H20FNO2S. The molecule has 0 spiro atoms. The van der Waals surface area contributed by atoms with Gasteiger partial charge in [0.2, 0.25) is 0 Å². The minimum atomic E-state index is -2.90. The lowest BCUT2D eigenvalue weighted by Crippen LogP contribution is -2.48. The van der Waals surface area contributed by atoms with E-state index >= 15 is 0 Å². The van der Waals surface area contributed by atoms with Crippen molar-refractivity contribution in [3.05, 3.63) is 35.6 Å². The van der Waals surface area contributed by atoms with Gasteiger partial charge in [0, 0.05) is 11.6 Å². The molecular weight excluding hydrogens is 265 g/mol. The number of rotatable bonds is 4. The first-order valence-electron chi connectivity index (χ1n) is 6.51. The topological polar surface area (TPSA) is 46.2 Å². The summed E-state index contributed by atoms with van der Waals surface area (Å²) in [5.74, 6) is 0.204. The minimum Gasteiger partial charge on any atom is -0.308 e. The van der Waals surface area contributed by atoms with Crippen molar-refractivity contribution in [3.8, 4) is 0 Å². The first-order chi connectivity index (χ1) is 8.78. The van der Waals surface area contributed by atoms with Crippen LogP contribution >= 0.6 is 0 Å². The Morgan fingerprint density at radius 1 is 1.47 bits per heavy atom. The molecule has 2 atom stereocenters. The number of hydrogen-bond donors (Lipinski definition) is 1. The van der Waals surface area contributed by atoms with Crippen LogP contribution in [0.5, 0.6) is 0 Å². The zero-order chi connectivity index (χ0) is 14.1. The standard InChI is InChI=1S/C14H20FNO2S/c1-11(8-12-4-3-5-13(15)9-12)16-14(2)6-7-19(17,18)10-14/h3-5,9,11,16H,6-8,10H2,1-2H3. The van der Waals surface area contributed by atoms with E-state index in [0.717, 1.165) is 5.56 Å². The molecule has 1 aromatic carbocycles. The summed E-state index contributed by atoms with van der Waals surface area (Å²) in [6.07, 6.45) is 1.33. The molecule has 0 radical (unpaired) electrons. The maximum Gasteiger partial charge on any atom is 0.152 e. The van der Waals surface area contributed by atoms with Crippen molar-refractivity contribution in [1.82, 2.24) is 5.32 Å². The second-order valence-electron chi connectivity index (χ2n) is 5.78. The monoisotopic (exact) mass is 285 g/mol. The lowest BCUT2D eigenvalue weighted by Gasteiger charge is -2.28. The average Bonchev–Trinajstić information content (AvgIpc) is 2.52. The van der Waals surface area contributed by atoms with Crippen molar-refractivity contribution in [2.45, 2.75) is 38.3 Å². The molecule has 2 unspecified atom stereocenters. The Bertz CT molecular complexity index is 558. The Hall–Kier alpha value is -0.940. The van der Waals surface area contributed by atoms with E-state index in [1.54, 1.807) is 6.07 Å². The van der Waals surface area contributed by atoms with Gasteiger partial charge in [-0.2, -0.15) is 0 Å². The molecule has 3 nitrogen and oxygen atoms in total. The fraction of sp³-hybridized carbons (Fsp3) is 0.571. The molecule has 1 saturated heterocycles. The largest absolute Gasteiger partial charge is 0.308 e. The molecule has 1 fully saturated rings. The van der Waals surface area contributed by atoms with Gasteiger partial charge in [0.05, 0.1) is 11.5 Å². The van der Waals surface area contributed by atoms with Crippen LogP contribution in [0, 0.1) is 5.82 Å². The van der Waals surface area contributed by atoms with E-state index in [-0.39, 0.29) is 28.9 Å². The molecule has 1 N–H and O–H groups in total. The molecule has 106 valence electrons. The van der Waals surface area contributed by atoms with Gasteiger partial charge in [-0.05, 0) is 44.4 Å². The molecule has 2 rings (SSSR count). The second kappa shape index (κ2) is 5.21. The van der Waals surface area contributed by atoms with Gasteiger partial charge in [0.25, 0.3) is 0 Å². The SMILES string of the molecule is CC(Cc1cccc(F)c1)NC1(C)CCS(=O)(=O)C1. The van der Waals surface area contributed by atoms with Gasteiger partial charge in [0.15, 0.2) is 9.84 Å². The van der Waals surface area contributed by atoms with Crippen LogP contribution in [0.2, 0.25) is 0 Å². The summed E-state index contributed by atoms with van der Waals surface area (Å²) in [6, 6.07) is 6.63. The van der Waals surface area contributed by atoms with Crippen molar-refractivity contribution in [3.63, 3.8) is 0 Å². The third-order valence-electron chi connectivity index (χ3n) is 3.53. The van der Waals surface area contributed by atoms with E-state index in [2.05, 4.69) is 5.32 Å². The highest BCUT2D eigenvalue weighted by Gasteiger charge is 2.38. The molecule has 0 amide bonds. The van der Waals surface area contributed by atoms with Crippen molar-refractivity contribution in [2.75, 3.05) is 11.5 Å². The summed E-state index contributed by atoms with van der Waals surface area (Å²) in [5.41, 5.74) is 0.565. The van der Waals surface area contributed by atoms with E-state index in [9.17, 15) is 12.8 Å². The molecule has 0 saturated carbocycles. The van der Waals surface area contributed by atoms with Gasteiger partial charge in [0.1, 0.15) is 5.82 Å². The summed E-state index contributed by atoms with van der Waals surface area (Å²) in [4.78, 5) is 0.